The minimum atomic E-state index is 0.437. The van der Waals surface area contributed by atoms with E-state index >= 15 is 0 Å². The summed E-state index contributed by atoms with van der Waals surface area (Å²) < 4.78 is 5.34. The summed E-state index contributed by atoms with van der Waals surface area (Å²) in [6.07, 6.45) is 3.78. The smallest absolute Gasteiger partial charge is 0.0502 e. The number of methoxy groups -OCH3 is 1. The van der Waals surface area contributed by atoms with Crippen LogP contribution in [0.25, 0.3) is 0 Å². The molecule has 3 nitrogen and oxygen atoms in total. The van der Waals surface area contributed by atoms with Crippen molar-refractivity contribution < 1.29 is 4.74 Å². The zero-order chi connectivity index (χ0) is 14.9. The Kier molecular flexibility index (Phi) is 7.20. The summed E-state index contributed by atoms with van der Waals surface area (Å²) in [6, 6.07) is 11.3. The van der Waals surface area contributed by atoms with Gasteiger partial charge in [0.25, 0.3) is 0 Å². The number of benzene rings is 1. The molecule has 0 amide bonds. The van der Waals surface area contributed by atoms with Crippen LogP contribution in [-0.4, -0.2) is 44.8 Å². The molecule has 0 saturated carbocycles. The van der Waals surface area contributed by atoms with Crippen LogP contribution in [0.2, 0.25) is 0 Å². The first-order chi connectivity index (χ1) is 10.3. The van der Waals surface area contributed by atoms with Crippen LogP contribution in [-0.2, 0) is 4.74 Å². The van der Waals surface area contributed by atoms with Crippen LogP contribution in [0.4, 0.5) is 0 Å². The lowest BCUT2D eigenvalue weighted by molar-refractivity contribution is 0.0856. The van der Waals surface area contributed by atoms with E-state index in [1.54, 1.807) is 0 Å². The second-order valence-corrected chi connectivity index (χ2v) is 6.14. The van der Waals surface area contributed by atoms with E-state index in [9.17, 15) is 0 Å². The molecule has 3 heteroatoms. The van der Waals surface area contributed by atoms with E-state index in [4.69, 9.17) is 4.74 Å². The lowest BCUT2D eigenvalue weighted by atomic mass is 9.97. The molecule has 2 atom stereocenters. The topological polar surface area (TPSA) is 24.5 Å². The number of nitrogens with one attached hydrogen (secondary N) is 1. The maximum atomic E-state index is 5.34. The van der Waals surface area contributed by atoms with Crippen molar-refractivity contribution in [3.05, 3.63) is 35.9 Å². The molecule has 1 saturated heterocycles. The Hall–Kier alpha value is -0.900. The molecule has 1 heterocycles. The monoisotopic (exact) mass is 290 g/mol. The molecule has 1 N–H and O–H groups in total. The van der Waals surface area contributed by atoms with Crippen LogP contribution in [0.5, 0.6) is 0 Å². The van der Waals surface area contributed by atoms with Crippen LogP contribution in [0.15, 0.2) is 30.3 Å². The largest absolute Gasteiger partial charge is 0.384 e. The van der Waals surface area contributed by atoms with Crippen molar-refractivity contribution in [3.63, 3.8) is 0 Å². The Morgan fingerprint density at radius 3 is 2.86 bits per heavy atom. The van der Waals surface area contributed by atoms with Crippen LogP contribution >= 0.6 is 0 Å². The Bertz CT molecular complexity index is 380. The minimum absolute atomic E-state index is 0.437. The van der Waals surface area contributed by atoms with E-state index in [-0.39, 0.29) is 0 Å². The van der Waals surface area contributed by atoms with Gasteiger partial charge >= 0.3 is 0 Å². The fourth-order valence-corrected chi connectivity index (χ4v) is 3.24. The van der Waals surface area contributed by atoms with Crippen molar-refractivity contribution in [3.8, 4) is 0 Å². The summed E-state index contributed by atoms with van der Waals surface area (Å²) in [6.45, 7) is 7.70. The highest BCUT2D eigenvalue weighted by Gasteiger charge is 2.22. The molecule has 1 aromatic carbocycles. The molecule has 0 radical (unpaired) electrons. The van der Waals surface area contributed by atoms with Gasteiger partial charge in [-0.1, -0.05) is 37.3 Å². The first kappa shape index (κ1) is 16.5. The van der Waals surface area contributed by atoms with Gasteiger partial charge in [-0.3, -0.25) is 0 Å². The van der Waals surface area contributed by atoms with Gasteiger partial charge in [0.15, 0.2) is 0 Å². The molecule has 2 unspecified atom stereocenters. The SMILES string of the molecule is CCCNC(CN1CCCC(COC)C1)c1ccccc1. The van der Waals surface area contributed by atoms with Crippen molar-refractivity contribution in [1.29, 1.82) is 0 Å². The fourth-order valence-electron chi connectivity index (χ4n) is 3.24. The quantitative estimate of drug-likeness (QED) is 0.796. The third kappa shape index (κ3) is 5.42. The zero-order valence-corrected chi connectivity index (χ0v) is 13.6. The van der Waals surface area contributed by atoms with Gasteiger partial charge in [0.2, 0.25) is 0 Å². The van der Waals surface area contributed by atoms with Gasteiger partial charge in [0.1, 0.15) is 0 Å². The normalized spacial score (nSPS) is 21.3. The molecule has 1 fully saturated rings. The van der Waals surface area contributed by atoms with E-state index in [0.29, 0.717) is 12.0 Å². The number of piperidine rings is 1. The number of rotatable bonds is 8. The van der Waals surface area contributed by atoms with Gasteiger partial charge in [0.05, 0.1) is 6.61 Å². The summed E-state index contributed by atoms with van der Waals surface area (Å²) in [4.78, 5) is 2.60. The van der Waals surface area contributed by atoms with Gasteiger partial charge in [-0.2, -0.15) is 0 Å². The van der Waals surface area contributed by atoms with Crippen LogP contribution in [0.1, 0.15) is 37.8 Å². The fraction of sp³-hybridized carbons (Fsp3) is 0.667. The van der Waals surface area contributed by atoms with E-state index in [2.05, 4.69) is 47.5 Å². The van der Waals surface area contributed by atoms with E-state index in [1.807, 2.05) is 7.11 Å². The predicted molar refractivity (Wildman–Crippen MR) is 88.5 cm³/mol. The van der Waals surface area contributed by atoms with Crippen LogP contribution < -0.4 is 5.32 Å². The van der Waals surface area contributed by atoms with Gasteiger partial charge in [0, 0.05) is 26.2 Å². The van der Waals surface area contributed by atoms with Gasteiger partial charge in [-0.15, -0.1) is 0 Å². The van der Waals surface area contributed by atoms with Crippen molar-refractivity contribution in [2.75, 3.05) is 39.9 Å². The summed E-state index contributed by atoms with van der Waals surface area (Å²) in [5.41, 5.74) is 1.40. The molecule has 0 aromatic heterocycles. The average Bonchev–Trinajstić information content (AvgIpc) is 2.53. The molecule has 0 spiro atoms. The minimum Gasteiger partial charge on any atom is -0.384 e. The van der Waals surface area contributed by atoms with E-state index in [1.165, 1.54) is 37.9 Å². The van der Waals surface area contributed by atoms with Gasteiger partial charge in [-0.25, -0.2) is 0 Å². The molecular formula is C18H30N2O. The van der Waals surface area contributed by atoms with Crippen molar-refractivity contribution in [1.82, 2.24) is 10.2 Å². The second kappa shape index (κ2) is 9.19. The molecule has 118 valence electrons. The van der Waals surface area contributed by atoms with Crippen molar-refractivity contribution in [2.45, 2.75) is 32.2 Å². The molecule has 1 aliphatic heterocycles. The first-order valence-corrected chi connectivity index (χ1v) is 8.33. The predicted octanol–water partition coefficient (Wildman–Crippen LogP) is 3.09. The lowest BCUT2D eigenvalue weighted by Crippen LogP contribution is -2.42. The van der Waals surface area contributed by atoms with Crippen molar-refractivity contribution in [2.24, 2.45) is 5.92 Å². The Labute approximate surface area is 129 Å². The highest BCUT2D eigenvalue weighted by Crippen LogP contribution is 2.20. The molecule has 0 aliphatic carbocycles. The average molecular weight is 290 g/mol. The molecule has 21 heavy (non-hydrogen) atoms. The standard InChI is InChI=1S/C18H30N2O/c1-3-11-19-18(17-9-5-4-6-10-17)14-20-12-7-8-16(13-20)15-21-2/h4-6,9-10,16,18-19H,3,7-8,11-15H2,1-2H3. The summed E-state index contributed by atoms with van der Waals surface area (Å²) >= 11 is 0. The second-order valence-electron chi connectivity index (χ2n) is 6.14. The Morgan fingerprint density at radius 2 is 2.14 bits per heavy atom. The number of likely N-dealkylation sites (tertiary alicyclic amines) is 1. The number of nitrogens with zero attached hydrogens (tertiary/aromatic N) is 1. The summed E-state index contributed by atoms with van der Waals surface area (Å²) in [7, 11) is 1.81. The Balaban J connectivity index is 1.94. The zero-order valence-electron chi connectivity index (χ0n) is 13.6. The highest BCUT2D eigenvalue weighted by molar-refractivity contribution is 5.19. The van der Waals surface area contributed by atoms with Gasteiger partial charge in [-0.05, 0) is 43.8 Å². The van der Waals surface area contributed by atoms with E-state index < -0.39 is 0 Å². The highest BCUT2D eigenvalue weighted by atomic mass is 16.5. The number of hydrogen-bond acceptors (Lipinski definition) is 3. The molecular weight excluding hydrogens is 260 g/mol. The Morgan fingerprint density at radius 1 is 1.33 bits per heavy atom. The van der Waals surface area contributed by atoms with Crippen LogP contribution in [0.3, 0.4) is 0 Å². The van der Waals surface area contributed by atoms with Gasteiger partial charge < -0.3 is 15.0 Å². The maximum absolute atomic E-state index is 5.34. The molecule has 0 bridgehead atoms. The third-order valence-corrected chi connectivity index (χ3v) is 4.29. The summed E-state index contributed by atoms with van der Waals surface area (Å²) in [5, 5.41) is 3.71. The van der Waals surface area contributed by atoms with Crippen LogP contribution in [0, 0.1) is 5.92 Å². The molecule has 2 rings (SSSR count). The maximum Gasteiger partial charge on any atom is 0.0502 e. The molecule has 1 aliphatic rings. The molecule has 1 aromatic rings. The van der Waals surface area contributed by atoms with E-state index in [0.717, 1.165) is 19.7 Å². The summed E-state index contributed by atoms with van der Waals surface area (Å²) in [5.74, 6) is 0.700. The number of ether oxygens (including phenoxy) is 1. The third-order valence-electron chi connectivity index (χ3n) is 4.29. The van der Waals surface area contributed by atoms with Crippen molar-refractivity contribution >= 4 is 0 Å². The first-order valence-electron chi connectivity index (χ1n) is 8.33. The number of hydrogen-bond donors (Lipinski definition) is 1. The lowest BCUT2D eigenvalue weighted by Gasteiger charge is -2.35.